The predicted molar refractivity (Wildman–Crippen MR) is 83.7 cm³/mol. The number of fused-ring (bicyclic) bond motifs is 1. The van der Waals surface area contributed by atoms with Crippen molar-refractivity contribution in [2.24, 2.45) is 14.1 Å². The zero-order chi connectivity index (χ0) is 15.4. The molecule has 6 heteroatoms. The van der Waals surface area contributed by atoms with E-state index in [1.54, 1.807) is 7.05 Å². The molecule has 2 rings (SSSR count). The SMILES string of the molecule is CCCCCCCCc1nc2c([nH]1)c(=O)n(C)c(=O)n2C. The van der Waals surface area contributed by atoms with Gasteiger partial charge in [0, 0.05) is 20.5 Å². The number of rotatable bonds is 7. The second-order valence-corrected chi connectivity index (χ2v) is 5.61. The van der Waals surface area contributed by atoms with E-state index in [1.165, 1.54) is 43.7 Å². The standard InChI is InChI=1S/C15H24N4O2/c1-4-5-6-7-8-9-10-11-16-12-13(17-11)18(2)15(21)19(3)14(12)20/h4-10H2,1-3H3,(H,16,17). The largest absolute Gasteiger partial charge is 0.336 e. The third-order valence-electron chi connectivity index (χ3n) is 3.91. The maximum Gasteiger partial charge on any atom is 0.332 e. The van der Waals surface area contributed by atoms with Gasteiger partial charge in [-0.3, -0.25) is 13.9 Å². The molecule has 0 fully saturated rings. The number of unbranched alkanes of at least 4 members (excludes halogenated alkanes) is 5. The summed E-state index contributed by atoms with van der Waals surface area (Å²) in [6.07, 6.45) is 8.12. The lowest BCUT2D eigenvalue weighted by atomic mass is 10.1. The van der Waals surface area contributed by atoms with Crippen LogP contribution in [0.1, 0.15) is 51.3 Å². The van der Waals surface area contributed by atoms with Crippen molar-refractivity contribution in [3.05, 3.63) is 26.7 Å². The number of nitrogens with one attached hydrogen (secondary N) is 1. The van der Waals surface area contributed by atoms with Crippen molar-refractivity contribution in [2.45, 2.75) is 51.9 Å². The number of hydrogen-bond donors (Lipinski definition) is 1. The van der Waals surface area contributed by atoms with Crippen LogP contribution in [0.4, 0.5) is 0 Å². The zero-order valence-electron chi connectivity index (χ0n) is 13.1. The molecule has 0 unspecified atom stereocenters. The number of nitrogens with zero attached hydrogens (tertiary/aromatic N) is 3. The molecule has 0 saturated heterocycles. The molecule has 0 aliphatic heterocycles. The highest BCUT2D eigenvalue weighted by atomic mass is 16.2. The van der Waals surface area contributed by atoms with Gasteiger partial charge in [-0.05, 0) is 6.42 Å². The minimum Gasteiger partial charge on any atom is -0.336 e. The van der Waals surface area contributed by atoms with Gasteiger partial charge in [0.2, 0.25) is 0 Å². The Morgan fingerprint density at radius 3 is 2.38 bits per heavy atom. The third kappa shape index (κ3) is 3.25. The first kappa shape index (κ1) is 15.5. The molecule has 0 aliphatic carbocycles. The summed E-state index contributed by atoms with van der Waals surface area (Å²) in [6, 6.07) is 0. The van der Waals surface area contributed by atoms with E-state index in [2.05, 4.69) is 16.9 Å². The molecule has 2 aromatic heterocycles. The van der Waals surface area contributed by atoms with Crippen LogP contribution in [0.3, 0.4) is 0 Å². The fourth-order valence-corrected chi connectivity index (χ4v) is 2.57. The summed E-state index contributed by atoms with van der Waals surface area (Å²) in [7, 11) is 3.12. The van der Waals surface area contributed by atoms with Gasteiger partial charge in [-0.15, -0.1) is 0 Å². The van der Waals surface area contributed by atoms with Crippen LogP contribution in [-0.4, -0.2) is 19.1 Å². The maximum atomic E-state index is 12.0. The van der Waals surface area contributed by atoms with Crippen LogP contribution in [-0.2, 0) is 20.5 Å². The number of aromatic amines is 1. The van der Waals surface area contributed by atoms with Crippen molar-refractivity contribution >= 4 is 11.2 Å². The van der Waals surface area contributed by atoms with Gasteiger partial charge in [0.1, 0.15) is 11.3 Å². The number of aromatic nitrogens is 4. The average molecular weight is 292 g/mol. The first-order valence-corrected chi connectivity index (χ1v) is 7.70. The van der Waals surface area contributed by atoms with Gasteiger partial charge in [0.05, 0.1) is 0 Å². The summed E-state index contributed by atoms with van der Waals surface area (Å²) in [5.41, 5.74) is 0.213. The maximum absolute atomic E-state index is 12.0. The van der Waals surface area contributed by atoms with Crippen LogP contribution in [0.15, 0.2) is 9.59 Å². The van der Waals surface area contributed by atoms with Crippen molar-refractivity contribution < 1.29 is 0 Å². The smallest absolute Gasteiger partial charge is 0.332 e. The van der Waals surface area contributed by atoms with Crippen LogP contribution in [0, 0.1) is 0 Å². The Labute approximate surface area is 123 Å². The summed E-state index contributed by atoms with van der Waals surface area (Å²) in [5, 5.41) is 0. The van der Waals surface area contributed by atoms with Gasteiger partial charge in [-0.25, -0.2) is 9.78 Å². The van der Waals surface area contributed by atoms with Crippen LogP contribution < -0.4 is 11.2 Å². The molecule has 0 saturated carbocycles. The molecule has 0 bridgehead atoms. The van der Waals surface area contributed by atoms with Crippen LogP contribution >= 0.6 is 0 Å². The molecule has 2 aromatic rings. The number of aryl methyl sites for hydroxylation is 2. The monoisotopic (exact) mass is 292 g/mol. The van der Waals surface area contributed by atoms with E-state index in [0.717, 1.165) is 23.2 Å². The quantitative estimate of drug-likeness (QED) is 0.792. The van der Waals surface area contributed by atoms with Gasteiger partial charge in [0.25, 0.3) is 5.56 Å². The van der Waals surface area contributed by atoms with E-state index >= 15 is 0 Å². The first-order valence-electron chi connectivity index (χ1n) is 7.70. The Bertz CT molecular complexity index is 724. The summed E-state index contributed by atoms with van der Waals surface area (Å²) in [6.45, 7) is 2.21. The number of imidazole rings is 1. The van der Waals surface area contributed by atoms with Crippen molar-refractivity contribution in [3.63, 3.8) is 0 Å². The second kappa shape index (κ2) is 6.74. The molecule has 0 amide bonds. The predicted octanol–water partition coefficient (Wildman–Crippen LogP) is 1.86. The van der Waals surface area contributed by atoms with Crippen molar-refractivity contribution in [1.29, 1.82) is 0 Å². The summed E-state index contributed by atoms with van der Waals surface area (Å²) in [5.74, 6) is 0.791. The average Bonchev–Trinajstić information content (AvgIpc) is 2.91. The molecular weight excluding hydrogens is 268 g/mol. The Hall–Kier alpha value is -1.85. The van der Waals surface area contributed by atoms with Crippen LogP contribution in [0.5, 0.6) is 0 Å². The lowest BCUT2D eigenvalue weighted by molar-refractivity contribution is 0.602. The Balaban J connectivity index is 2.10. The lowest BCUT2D eigenvalue weighted by Crippen LogP contribution is -2.36. The van der Waals surface area contributed by atoms with Gasteiger partial charge in [0.15, 0.2) is 5.65 Å². The molecular formula is C15H24N4O2. The summed E-state index contributed by atoms with van der Waals surface area (Å²) >= 11 is 0. The molecule has 0 spiro atoms. The molecule has 0 atom stereocenters. The fourth-order valence-electron chi connectivity index (χ4n) is 2.57. The van der Waals surface area contributed by atoms with Crippen LogP contribution in [0.2, 0.25) is 0 Å². The van der Waals surface area contributed by atoms with E-state index in [9.17, 15) is 9.59 Å². The molecule has 0 aliphatic rings. The molecule has 0 radical (unpaired) electrons. The van der Waals surface area contributed by atoms with E-state index in [1.807, 2.05) is 0 Å². The Morgan fingerprint density at radius 1 is 1.00 bits per heavy atom. The highest BCUT2D eigenvalue weighted by molar-refractivity contribution is 5.69. The van der Waals surface area contributed by atoms with E-state index in [-0.39, 0.29) is 11.2 Å². The molecule has 1 N–H and O–H groups in total. The van der Waals surface area contributed by atoms with E-state index < -0.39 is 0 Å². The molecule has 6 nitrogen and oxygen atoms in total. The minimum atomic E-state index is -0.342. The second-order valence-electron chi connectivity index (χ2n) is 5.61. The molecule has 2 heterocycles. The number of H-pyrrole nitrogens is 1. The van der Waals surface area contributed by atoms with Crippen LogP contribution in [0.25, 0.3) is 11.2 Å². The highest BCUT2D eigenvalue weighted by Crippen LogP contribution is 2.10. The van der Waals surface area contributed by atoms with Gasteiger partial charge in [-0.2, -0.15) is 0 Å². The van der Waals surface area contributed by atoms with Crippen molar-refractivity contribution in [2.75, 3.05) is 0 Å². The minimum absolute atomic E-state index is 0.310. The zero-order valence-corrected chi connectivity index (χ0v) is 13.1. The van der Waals surface area contributed by atoms with Gasteiger partial charge >= 0.3 is 5.69 Å². The topological polar surface area (TPSA) is 72.7 Å². The molecule has 0 aromatic carbocycles. The van der Waals surface area contributed by atoms with Gasteiger partial charge < -0.3 is 4.98 Å². The Morgan fingerprint density at radius 2 is 1.67 bits per heavy atom. The van der Waals surface area contributed by atoms with Gasteiger partial charge in [-0.1, -0.05) is 39.0 Å². The first-order chi connectivity index (χ1) is 10.1. The summed E-state index contributed by atoms with van der Waals surface area (Å²) in [4.78, 5) is 31.4. The van der Waals surface area contributed by atoms with Crippen molar-refractivity contribution in [3.8, 4) is 0 Å². The molecule has 116 valence electrons. The fraction of sp³-hybridized carbons (Fsp3) is 0.667. The highest BCUT2D eigenvalue weighted by Gasteiger charge is 2.12. The Kier molecular flexibility index (Phi) is 4.98. The van der Waals surface area contributed by atoms with E-state index in [0.29, 0.717) is 11.2 Å². The summed E-state index contributed by atoms with van der Waals surface area (Å²) < 4.78 is 2.52. The third-order valence-corrected chi connectivity index (χ3v) is 3.91. The van der Waals surface area contributed by atoms with Crippen molar-refractivity contribution in [1.82, 2.24) is 19.1 Å². The normalized spacial score (nSPS) is 11.4. The number of hydrogen-bond acceptors (Lipinski definition) is 3. The lowest BCUT2D eigenvalue weighted by Gasteiger charge is -2.00. The molecule has 21 heavy (non-hydrogen) atoms. The van der Waals surface area contributed by atoms with E-state index in [4.69, 9.17) is 0 Å².